The molecule has 5 heteroatoms. The van der Waals surface area contributed by atoms with Crippen LogP contribution in [0.4, 0.5) is 0 Å². The molecule has 0 aromatic heterocycles. The van der Waals surface area contributed by atoms with Crippen molar-refractivity contribution >= 4 is 23.4 Å². The van der Waals surface area contributed by atoms with E-state index in [1.807, 2.05) is 17.8 Å². The largest absolute Gasteiger partial charge is 0.493 e. The summed E-state index contributed by atoms with van der Waals surface area (Å²) in [7, 11) is 3.38. The summed E-state index contributed by atoms with van der Waals surface area (Å²) in [5.41, 5.74) is 2.57. The maximum atomic E-state index is 5.67. The van der Waals surface area contributed by atoms with Gasteiger partial charge in [-0.1, -0.05) is 6.07 Å². The number of hydrogen-bond donors (Lipinski definition) is 0. The minimum atomic E-state index is 0.343. The lowest BCUT2D eigenvalue weighted by atomic mass is 9.99. The van der Waals surface area contributed by atoms with Crippen molar-refractivity contribution in [2.24, 2.45) is 0 Å². The number of methoxy groups -OCH3 is 2. The normalized spacial score (nSPS) is 18.2. The number of halogens is 1. The van der Waals surface area contributed by atoms with Crippen LogP contribution < -0.4 is 9.47 Å². The summed E-state index contributed by atoms with van der Waals surface area (Å²) in [5, 5.41) is 0.343. The molecule has 0 N–H and O–H groups in total. The molecule has 3 nitrogen and oxygen atoms in total. The first-order valence-corrected chi connectivity index (χ1v) is 8.39. The summed E-state index contributed by atoms with van der Waals surface area (Å²) in [5.74, 6) is 3.35. The van der Waals surface area contributed by atoms with E-state index >= 15 is 0 Å². The third-order valence-electron chi connectivity index (χ3n) is 3.41. The number of benzene rings is 1. The van der Waals surface area contributed by atoms with Crippen LogP contribution in [0.1, 0.15) is 22.8 Å². The van der Waals surface area contributed by atoms with Gasteiger partial charge in [0.25, 0.3) is 0 Å². The van der Waals surface area contributed by atoms with Crippen LogP contribution in [0.5, 0.6) is 11.5 Å². The van der Waals surface area contributed by atoms with Gasteiger partial charge in [0.05, 0.1) is 32.7 Å². The van der Waals surface area contributed by atoms with Gasteiger partial charge in [0.15, 0.2) is 11.5 Å². The molecule has 1 unspecified atom stereocenters. The van der Waals surface area contributed by atoms with Crippen molar-refractivity contribution < 1.29 is 14.2 Å². The van der Waals surface area contributed by atoms with Gasteiger partial charge in [-0.15, -0.1) is 11.6 Å². The number of hydrogen-bond acceptors (Lipinski definition) is 4. The molecule has 2 rings (SSSR count). The molecule has 0 aliphatic carbocycles. The Balaban J connectivity index is 2.29. The van der Waals surface area contributed by atoms with Crippen molar-refractivity contribution in [1.29, 1.82) is 0 Å². The standard InChI is InChI=1S/C15H21ClO3S/c1-17-13-6-5-11-12(15(13)18-2)4-3-9-20-14(11)10-19-8-7-16/h5-6,14H,3-4,7-10H2,1-2H3. The minimum Gasteiger partial charge on any atom is -0.493 e. The highest BCUT2D eigenvalue weighted by Crippen LogP contribution is 2.43. The van der Waals surface area contributed by atoms with Crippen LogP contribution in [0.3, 0.4) is 0 Å². The van der Waals surface area contributed by atoms with Crippen LogP contribution in [-0.4, -0.2) is 39.1 Å². The van der Waals surface area contributed by atoms with E-state index in [-0.39, 0.29) is 0 Å². The van der Waals surface area contributed by atoms with Gasteiger partial charge in [-0.2, -0.15) is 11.8 Å². The van der Waals surface area contributed by atoms with E-state index < -0.39 is 0 Å². The Hall–Kier alpha value is -0.580. The van der Waals surface area contributed by atoms with Crippen molar-refractivity contribution in [3.05, 3.63) is 23.3 Å². The second kappa shape index (κ2) is 8.01. The van der Waals surface area contributed by atoms with E-state index in [4.69, 9.17) is 25.8 Å². The summed E-state index contributed by atoms with van der Waals surface area (Å²) < 4.78 is 16.6. The second-order valence-corrected chi connectivity index (χ2v) is 6.28. The first-order valence-electron chi connectivity index (χ1n) is 6.80. The van der Waals surface area contributed by atoms with E-state index in [2.05, 4.69) is 6.07 Å². The Morgan fingerprint density at radius 2 is 2.15 bits per heavy atom. The van der Waals surface area contributed by atoms with Crippen LogP contribution in [-0.2, 0) is 11.2 Å². The van der Waals surface area contributed by atoms with Crippen molar-refractivity contribution in [3.8, 4) is 11.5 Å². The SMILES string of the molecule is COc1ccc2c(c1OC)CCCSC2COCCCl. The molecule has 1 aliphatic heterocycles. The Morgan fingerprint density at radius 1 is 1.30 bits per heavy atom. The molecule has 0 saturated carbocycles. The third-order valence-corrected chi connectivity index (χ3v) is 4.88. The fourth-order valence-corrected chi connectivity index (χ4v) is 3.81. The second-order valence-electron chi connectivity index (χ2n) is 4.60. The summed E-state index contributed by atoms with van der Waals surface area (Å²) in [6.07, 6.45) is 2.17. The molecule has 1 aromatic rings. The number of alkyl halides is 1. The molecule has 112 valence electrons. The molecule has 0 radical (unpaired) electrons. The van der Waals surface area contributed by atoms with Crippen LogP contribution in [0.25, 0.3) is 0 Å². The maximum absolute atomic E-state index is 5.67. The van der Waals surface area contributed by atoms with E-state index in [0.29, 0.717) is 24.3 Å². The van der Waals surface area contributed by atoms with E-state index in [0.717, 1.165) is 30.1 Å². The smallest absolute Gasteiger partial charge is 0.164 e. The molecular weight excluding hydrogens is 296 g/mol. The summed E-state index contributed by atoms with van der Waals surface area (Å²) in [4.78, 5) is 0. The molecular formula is C15H21ClO3S. The molecule has 1 aromatic carbocycles. The average molecular weight is 317 g/mol. The molecule has 1 atom stereocenters. The lowest BCUT2D eigenvalue weighted by Gasteiger charge is -2.20. The summed E-state index contributed by atoms with van der Waals surface area (Å²) in [6.45, 7) is 1.29. The zero-order valence-electron chi connectivity index (χ0n) is 12.0. The van der Waals surface area contributed by atoms with Gasteiger partial charge < -0.3 is 14.2 Å². The minimum absolute atomic E-state index is 0.343. The lowest BCUT2D eigenvalue weighted by Crippen LogP contribution is -2.09. The van der Waals surface area contributed by atoms with Crippen molar-refractivity contribution in [1.82, 2.24) is 0 Å². The fourth-order valence-electron chi connectivity index (χ4n) is 2.51. The Bertz CT molecular complexity index is 439. The quantitative estimate of drug-likeness (QED) is 0.591. The van der Waals surface area contributed by atoms with Crippen LogP contribution in [0, 0.1) is 0 Å². The molecule has 0 saturated heterocycles. The van der Waals surface area contributed by atoms with Gasteiger partial charge in [0.2, 0.25) is 0 Å². The maximum Gasteiger partial charge on any atom is 0.164 e. The average Bonchev–Trinajstić information content (AvgIpc) is 2.69. The number of thioether (sulfide) groups is 1. The first kappa shape index (κ1) is 15.8. The van der Waals surface area contributed by atoms with Crippen LogP contribution in [0.15, 0.2) is 12.1 Å². The predicted molar refractivity (Wildman–Crippen MR) is 84.6 cm³/mol. The van der Waals surface area contributed by atoms with Crippen molar-refractivity contribution in [2.75, 3.05) is 39.1 Å². The number of ether oxygens (including phenoxy) is 3. The highest BCUT2D eigenvalue weighted by atomic mass is 35.5. The Kier molecular flexibility index (Phi) is 6.33. The lowest BCUT2D eigenvalue weighted by molar-refractivity contribution is 0.150. The Labute approximate surface area is 129 Å². The van der Waals surface area contributed by atoms with Crippen molar-refractivity contribution in [3.63, 3.8) is 0 Å². The van der Waals surface area contributed by atoms with Gasteiger partial charge in [-0.3, -0.25) is 0 Å². The van der Waals surface area contributed by atoms with E-state index in [1.54, 1.807) is 14.2 Å². The molecule has 0 fully saturated rings. The van der Waals surface area contributed by atoms with Crippen LogP contribution in [0.2, 0.25) is 0 Å². The third kappa shape index (κ3) is 3.54. The highest BCUT2D eigenvalue weighted by molar-refractivity contribution is 7.99. The van der Waals surface area contributed by atoms with Gasteiger partial charge in [0, 0.05) is 11.4 Å². The predicted octanol–water partition coefficient (Wildman–Crippen LogP) is 3.68. The van der Waals surface area contributed by atoms with E-state index in [9.17, 15) is 0 Å². The summed E-state index contributed by atoms with van der Waals surface area (Å²) >= 11 is 7.62. The van der Waals surface area contributed by atoms with Crippen molar-refractivity contribution in [2.45, 2.75) is 18.1 Å². The first-order chi connectivity index (χ1) is 9.81. The molecule has 0 spiro atoms. The van der Waals surface area contributed by atoms with Gasteiger partial charge in [0.1, 0.15) is 0 Å². The summed E-state index contributed by atoms with van der Waals surface area (Å²) in [6, 6.07) is 4.13. The molecule has 0 bridgehead atoms. The molecule has 1 aliphatic rings. The molecule has 1 heterocycles. The topological polar surface area (TPSA) is 27.7 Å². The van der Waals surface area contributed by atoms with E-state index in [1.165, 1.54) is 11.1 Å². The molecule has 0 amide bonds. The zero-order chi connectivity index (χ0) is 14.4. The van der Waals surface area contributed by atoms with Crippen LogP contribution >= 0.6 is 23.4 Å². The van der Waals surface area contributed by atoms with Gasteiger partial charge in [-0.05, 0) is 30.2 Å². The number of fused-ring (bicyclic) bond motifs is 1. The number of rotatable bonds is 6. The van der Waals surface area contributed by atoms with Gasteiger partial charge >= 0.3 is 0 Å². The Morgan fingerprint density at radius 3 is 2.85 bits per heavy atom. The fraction of sp³-hybridized carbons (Fsp3) is 0.600. The zero-order valence-corrected chi connectivity index (χ0v) is 13.6. The molecule has 20 heavy (non-hydrogen) atoms. The monoisotopic (exact) mass is 316 g/mol. The van der Waals surface area contributed by atoms with Gasteiger partial charge in [-0.25, -0.2) is 0 Å². The highest BCUT2D eigenvalue weighted by Gasteiger charge is 2.24.